The monoisotopic (exact) mass is 295 g/mol. The molecule has 20 heavy (non-hydrogen) atoms. The number of carbonyl (C=O) groups is 1. The van der Waals surface area contributed by atoms with Crippen LogP contribution in [0.4, 0.5) is 10.5 Å². The standard InChI is InChI=1S/C15H22ClN3O/c1-12(11-19-7-2-3-8-19)10-17-15(20)18-14-6-4-5-13(16)9-14/h4-6,9,12H,2-3,7-8,10-11H2,1H3,(H2,17,18,20). The average Bonchev–Trinajstić information content (AvgIpc) is 2.89. The molecular weight excluding hydrogens is 274 g/mol. The molecule has 1 aliphatic rings. The fourth-order valence-electron chi connectivity index (χ4n) is 2.48. The van der Waals surface area contributed by atoms with E-state index in [-0.39, 0.29) is 6.03 Å². The van der Waals surface area contributed by atoms with Crippen LogP contribution in [-0.4, -0.2) is 37.1 Å². The molecule has 0 aromatic heterocycles. The summed E-state index contributed by atoms with van der Waals surface area (Å²) < 4.78 is 0. The molecule has 2 N–H and O–H groups in total. The van der Waals surface area contributed by atoms with Gasteiger partial charge in [-0.05, 0) is 50.0 Å². The molecule has 2 rings (SSSR count). The molecule has 1 atom stereocenters. The maximum atomic E-state index is 11.8. The van der Waals surface area contributed by atoms with Gasteiger partial charge in [0.2, 0.25) is 0 Å². The van der Waals surface area contributed by atoms with Crippen LogP contribution in [0.3, 0.4) is 0 Å². The molecule has 1 aliphatic heterocycles. The Hall–Kier alpha value is -1.26. The van der Waals surface area contributed by atoms with Crippen LogP contribution in [0.25, 0.3) is 0 Å². The lowest BCUT2D eigenvalue weighted by atomic mass is 10.1. The molecule has 0 saturated carbocycles. The largest absolute Gasteiger partial charge is 0.338 e. The van der Waals surface area contributed by atoms with E-state index in [1.165, 1.54) is 25.9 Å². The molecule has 1 saturated heterocycles. The molecular formula is C15H22ClN3O. The summed E-state index contributed by atoms with van der Waals surface area (Å²) in [6, 6.07) is 6.96. The molecule has 0 aliphatic carbocycles. The van der Waals surface area contributed by atoms with Crippen LogP contribution in [0, 0.1) is 5.92 Å². The van der Waals surface area contributed by atoms with Gasteiger partial charge in [0.05, 0.1) is 0 Å². The lowest BCUT2D eigenvalue weighted by Crippen LogP contribution is -2.36. The molecule has 1 unspecified atom stereocenters. The highest BCUT2D eigenvalue weighted by atomic mass is 35.5. The number of halogens is 1. The average molecular weight is 296 g/mol. The number of hydrogen-bond donors (Lipinski definition) is 2. The quantitative estimate of drug-likeness (QED) is 0.876. The Morgan fingerprint density at radius 1 is 1.40 bits per heavy atom. The second-order valence-electron chi connectivity index (χ2n) is 5.46. The summed E-state index contributed by atoms with van der Waals surface area (Å²) in [5.74, 6) is 0.457. The maximum Gasteiger partial charge on any atom is 0.319 e. The number of hydrogen-bond acceptors (Lipinski definition) is 2. The molecule has 1 fully saturated rings. The zero-order valence-electron chi connectivity index (χ0n) is 11.9. The predicted molar refractivity (Wildman–Crippen MR) is 83.3 cm³/mol. The molecule has 0 bridgehead atoms. The predicted octanol–water partition coefficient (Wildman–Crippen LogP) is 3.19. The molecule has 0 radical (unpaired) electrons. The van der Waals surface area contributed by atoms with Crippen molar-refractivity contribution >= 4 is 23.3 Å². The number of carbonyl (C=O) groups excluding carboxylic acids is 1. The van der Waals surface area contributed by atoms with Crippen molar-refractivity contribution in [1.82, 2.24) is 10.2 Å². The first-order valence-electron chi connectivity index (χ1n) is 7.16. The van der Waals surface area contributed by atoms with Crippen molar-refractivity contribution in [1.29, 1.82) is 0 Å². The van der Waals surface area contributed by atoms with Crippen LogP contribution in [0.5, 0.6) is 0 Å². The van der Waals surface area contributed by atoms with E-state index in [0.29, 0.717) is 23.2 Å². The third-order valence-corrected chi connectivity index (χ3v) is 3.70. The van der Waals surface area contributed by atoms with Crippen molar-refractivity contribution in [3.8, 4) is 0 Å². The molecule has 1 aromatic rings. The topological polar surface area (TPSA) is 44.4 Å². The van der Waals surface area contributed by atoms with Crippen molar-refractivity contribution in [2.75, 3.05) is 31.5 Å². The van der Waals surface area contributed by atoms with E-state index >= 15 is 0 Å². The smallest absolute Gasteiger partial charge is 0.319 e. The van der Waals surface area contributed by atoms with Gasteiger partial charge in [0, 0.05) is 23.8 Å². The molecule has 0 spiro atoms. The normalized spacial score (nSPS) is 16.9. The number of nitrogens with zero attached hydrogens (tertiary/aromatic N) is 1. The highest BCUT2D eigenvalue weighted by molar-refractivity contribution is 6.30. The Morgan fingerprint density at radius 2 is 2.15 bits per heavy atom. The second kappa shape index (κ2) is 7.50. The SMILES string of the molecule is CC(CNC(=O)Nc1cccc(Cl)c1)CN1CCCC1. The fraction of sp³-hybridized carbons (Fsp3) is 0.533. The van der Waals surface area contributed by atoms with E-state index in [4.69, 9.17) is 11.6 Å². The Labute approximate surface area is 125 Å². The molecule has 2 amide bonds. The number of urea groups is 1. The summed E-state index contributed by atoms with van der Waals surface area (Å²) in [7, 11) is 0. The van der Waals surface area contributed by atoms with Gasteiger partial charge in [-0.1, -0.05) is 24.6 Å². The number of benzene rings is 1. The Balaban J connectivity index is 1.69. The van der Waals surface area contributed by atoms with E-state index in [0.717, 1.165) is 6.54 Å². The van der Waals surface area contributed by atoms with Gasteiger partial charge in [-0.2, -0.15) is 0 Å². The van der Waals surface area contributed by atoms with E-state index < -0.39 is 0 Å². The van der Waals surface area contributed by atoms with Gasteiger partial charge in [0.25, 0.3) is 0 Å². The first-order chi connectivity index (χ1) is 9.63. The zero-order valence-corrected chi connectivity index (χ0v) is 12.6. The van der Waals surface area contributed by atoms with Gasteiger partial charge in [0.15, 0.2) is 0 Å². The van der Waals surface area contributed by atoms with Crippen LogP contribution in [-0.2, 0) is 0 Å². The number of rotatable bonds is 5. The van der Waals surface area contributed by atoms with Crippen molar-refractivity contribution in [3.63, 3.8) is 0 Å². The van der Waals surface area contributed by atoms with Crippen molar-refractivity contribution in [3.05, 3.63) is 29.3 Å². The summed E-state index contributed by atoms with van der Waals surface area (Å²) in [5, 5.41) is 6.30. The van der Waals surface area contributed by atoms with Crippen LogP contribution in [0.15, 0.2) is 24.3 Å². The van der Waals surface area contributed by atoms with E-state index in [9.17, 15) is 4.79 Å². The number of anilines is 1. The Bertz CT molecular complexity index is 446. The van der Waals surface area contributed by atoms with Gasteiger partial charge in [-0.25, -0.2) is 4.79 Å². The fourth-order valence-corrected chi connectivity index (χ4v) is 2.67. The van der Waals surface area contributed by atoms with Crippen molar-refractivity contribution in [2.45, 2.75) is 19.8 Å². The van der Waals surface area contributed by atoms with Crippen LogP contribution in [0.1, 0.15) is 19.8 Å². The summed E-state index contributed by atoms with van der Waals surface area (Å²) >= 11 is 5.87. The Morgan fingerprint density at radius 3 is 2.85 bits per heavy atom. The molecule has 5 heteroatoms. The molecule has 1 aromatic carbocycles. The minimum atomic E-state index is -0.180. The molecule has 110 valence electrons. The lowest BCUT2D eigenvalue weighted by molar-refractivity contribution is 0.245. The van der Waals surface area contributed by atoms with Crippen LogP contribution < -0.4 is 10.6 Å². The van der Waals surface area contributed by atoms with E-state index in [1.807, 2.05) is 12.1 Å². The number of amides is 2. The summed E-state index contributed by atoms with van der Waals surface area (Å²) in [4.78, 5) is 14.2. The van der Waals surface area contributed by atoms with Gasteiger partial charge < -0.3 is 15.5 Å². The summed E-state index contributed by atoms with van der Waals surface area (Å²) in [6.45, 7) is 6.29. The number of likely N-dealkylation sites (tertiary alicyclic amines) is 1. The lowest BCUT2D eigenvalue weighted by Gasteiger charge is -2.20. The minimum absolute atomic E-state index is 0.180. The van der Waals surface area contributed by atoms with Crippen molar-refractivity contribution < 1.29 is 4.79 Å². The Kier molecular flexibility index (Phi) is 5.68. The van der Waals surface area contributed by atoms with E-state index in [2.05, 4.69) is 22.5 Å². The van der Waals surface area contributed by atoms with Crippen LogP contribution in [0.2, 0.25) is 5.02 Å². The minimum Gasteiger partial charge on any atom is -0.338 e. The maximum absolute atomic E-state index is 11.8. The van der Waals surface area contributed by atoms with Crippen LogP contribution >= 0.6 is 11.6 Å². The number of nitrogens with one attached hydrogen (secondary N) is 2. The third-order valence-electron chi connectivity index (χ3n) is 3.46. The highest BCUT2D eigenvalue weighted by Crippen LogP contribution is 2.14. The highest BCUT2D eigenvalue weighted by Gasteiger charge is 2.15. The van der Waals surface area contributed by atoms with E-state index in [1.54, 1.807) is 12.1 Å². The first-order valence-corrected chi connectivity index (χ1v) is 7.54. The zero-order chi connectivity index (χ0) is 14.4. The molecule has 4 nitrogen and oxygen atoms in total. The van der Waals surface area contributed by atoms with Gasteiger partial charge in [-0.15, -0.1) is 0 Å². The second-order valence-corrected chi connectivity index (χ2v) is 5.89. The third kappa shape index (κ3) is 5.02. The van der Waals surface area contributed by atoms with Gasteiger partial charge >= 0.3 is 6.03 Å². The molecule has 1 heterocycles. The summed E-state index contributed by atoms with van der Waals surface area (Å²) in [5.41, 5.74) is 0.710. The first kappa shape index (κ1) is 15.1. The van der Waals surface area contributed by atoms with Gasteiger partial charge in [0.1, 0.15) is 0 Å². The van der Waals surface area contributed by atoms with Crippen molar-refractivity contribution in [2.24, 2.45) is 5.92 Å². The van der Waals surface area contributed by atoms with Gasteiger partial charge in [-0.3, -0.25) is 0 Å². The summed E-state index contributed by atoms with van der Waals surface area (Å²) in [6.07, 6.45) is 2.60.